The SMILES string of the molecule is CCc1ccc(CNC(=O)CCC(=O)NC2CCCCCCC2)nc1. The molecule has 0 saturated heterocycles. The number of nitrogens with zero attached hydrogens (tertiary/aromatic N) is 1. The Balaban J connectivity index is 1.63. The minimum Gasteiger partial charge on any atom is -0.353 e. The van der Waals surface area contributed by atoms with Crippen molar-refractivity contribution in [3.63, 3.8) is 0 Å². The van der Waals surface area contributed by atoms with Crippen LogP contribution in [0.2, 0.25) is 0 Å². The van der Waals surface area contributed by atoms with Gasteiger partial charge in [0.1, 0.15) is 0 Å². The molecule has 0 aliphatic heterocycles. The van der Waals surface area contributed by atoms with Gasteiger partial charge < -0.3 is 10.6 Å². The second-order valence-corrected chi connectivity index (χ2v) is 6.90. The van der Waals surface area contributed by atoms with Crippen molar-refractivity contribution in [2.75, 3.05) is 0 Å². The summed E-state index contributed by atoms with van der Waals surface area (Å²) in [5.74, 6) is -0.111. The highest BCUT2D eigenvalue weighted by Gasteiger charge is 2.14. The van der Waals surface area contributed by atoms with E-state index in [9.17, 15) is 9.59 Å². The highest BCUT2D eigenvalue weighted by Crippen LogP contribution is 2.17. The highest BCUT2D eigenvalue weighted by atomic mass is 16.2. The fourth-order valence-electron chi connectivity index (χ4n) is 3.17. The van der Waals surface area contributed by atoms with Crippen molar-refractivity contribution in [3.05, 3.63) is 29.6 Å². The lowest BCUT2D eigenvalue weighted by molar-refractivity contribution is -0.127. The van der Waals surface area contributed by atoms with E-state index in [0.717, 1.165) is 25.0 Å². The minimum atomic E-state index is -0.103. The van der Waals surface area contributed by atoms with Gasteiger partial charge in [0.25, 0.3) is 0 Å². The maximum Gasteiger partial charge on any atom is 0.220 e. The fraction of sp³-hybridized carbons (Fsp3) is 0.650. The van der Waals surface area contributed by atoms with Gasteiger partial charge in [-0.25, -0.2) is 0 Å². The van der Waals surface area contributed by atoms with Gasteiger partial charge in [-0.1, -0.05) is 45.1 Å². The summed E-state index contributed by atoms with van der Waals surface area (Å²) in [6.45, 7) is 2.49. The summed E-state index contributed by atoms with van der Waals surface area (Å²) in [7, 11) is 0. The molecule has 1 aromatic heterocycles. The zero-order chi connectivity index (χ0) is 17.9. The van der Waals surface area contributed by atoms with Crippen molar-refractivity contribution in [2.45, 2.75) is 83.7 Å². The molecule has 2 N–H and O–H groups in total. The number of pyridine rings is 1. The van der Waals surface area contributed by atoms with E-state index in [0.29, 0.717) is 6.54 Å². The lowest BCUT2D eigenvalue weighted by atomic mass is 9.96. The molecule has 0 atom stereocenters. The van der Waals surface area contributed by atoms with Gasteiger partial charge in [0.15, 0.2) is 0 Å². The first kappa shape index (κ1) is 19.4. The quantitative estimate of drug-likeness (QED) is 0.797. The molecule has 138 valence electrons. The van der Waals surface area contributed by atoms with E-state index in [1.54, 1.807) is 0 Å². The number of amides is 2. The Kier molecular flexibility index (Phi) is 8.43. The van der Waals surface area contributed by atoms with E-state index in [4.69, 9.17) is 0 Å². The van der Waals surface area contributed by atoms with Crippen LogP contribution in [0, 0.1) is 0 Å². The van der Waals surface area contributed by atoms with E-state index in [1.807, 2.05) is 18.3 Å². The molecule has 5 heteroatoms. The summed E-state index contributed by atoms with van der Waals surface area (Å²) >= 11 is 0. The molecule has 1 heterocycles. The van der Waals surface area contributed by atoms with Crippen LogP contribution in [-0.2, 0) is 22.6 Å². The highest BCUT2D eigenvalue weighted by molar-refractivity contribution is 5.83. The van der Waals surface area contributed by atoms with Crippen LogP contribution in [0.5, 0.6) is 0 Å². The molecule has 2 rings (SSSR count). The van der Waals surface area contributed by atoms with E-state index < -0.39 is 0 Å². The normalized spacial score (nSPS) is 15.9. The molecule has 0 radical (unpaired) electrons. The van der Waals surface area contributed by atoms with Crippen molar-refractivity contribution < 1.29 is 9.59 Å². The van der Waals surface area contributed by atoms with E-state index in [1.165, 1.54) is 37.7 Å². The van der Waals surface area contributed by atoms with Crippen LogP contribution in [0.4, 0.5) is 0 Å². The third-order valence-corrected chi connectivity index (χ3v) is 4.81. The fourth-order valence-corrected chi connectivity index (χ4v) is 3.17. The third kappa shape index (κ3) is 7.67. The smallest absolute Gasteiger partial charge is 0.220 e. The van der Waals surface area contributed by atoms with Gasteiger partial charge in [0.2, 0.25) is 11.8 Å². The molecule has 1 aromatic rings. The Labute approximate surface area is 151 Å². The molecule has 0 bridgehead atoms. The van der Waals surface area contributed by atoms with Gasteiger partial charge in [-0.2, -0.15) is 0 Å². The average molecular weight is 345 g/mol. The number of rotatable bonds is 7. The first-order valence-corrected chi connectivity index (χ1v) is 9.67. The van der Waals surface area contributed by atoms with Crippen molar-refractivity contribution in [2.24, 2.45) is 0 Å². The molecule has 1 aliphatic rings. The molecule has 1 fully saturated rings. The summed E-state index contributed by atoms with van der Waals surface area (Å²) < 4.78 is 0. The summed E-state index contributed by atoms with van der Waals surface area (Å²) in [6.07, 6.45) is 11.6. The Morgan fingerprint density at radius 1 is 1.04 bits per heavy atom. The zero-order valence-corrected chi connectivity index (χ0v) is 15.4. The van der Waals surface area contributed by atoms with Crippen molar-refractivity contribution in [1.29, 1.82) is 0 Å². The average Bonchev–Trinajstić information content (AvgIpc) is 2.61. The molecule has 2 amide bonds. The number of aromatic nitrogens is 1. The topological polar surface area (TPSA) is 71.1 Å². The summed E-state index contributed by atoms with van der Waals surface area (Å²) in [6, 6.07) is 4.24. The molecule has 0 spiro atoms. The maximum absolute atomic E-state index is 12.1. The van der Waals surface area contributed by atoms with Crippen LogP contribution >= 0.6 is 0 Å². The van der Waals surface area contributed by atoms with Crippen LogP contribution in [0.15, 0.2) is 18.3 Å². The van der Waals surface area contributed by atoms with Gasteiger partial charge in [0, 0.05) is 25.1 Å². The van der Waals surface area contributed by atoms with Crippen LogP contribution in [0.25, 0.3) is 0 Å². The number of hydrogen-bond donors (Lipinski definition) is 2. The van der Waals surface area contributed by atoms with Crippen LogP contribution in [0.3, 0.4) is 0 Å². The standard InChI is InChI=1S/C20H31N3O2/c1-2-16-10-11-18(21-14-16)15-22-19(24)12-13-20(25)23-17-8-6-4-3-5-7-9-17/h10-11,14,17H,2-9,12-13,15H2,1H3,(H,22,24)(H,23,25). The molecular formula is C20H31N3O2. The van der Waals surface area contributed by atoms with Gasteiger partial charge in [0.05, 0.1) is 12.2 Å². The Morgan fingerprint density at radius 2 is 1.72 bits per heavy atom. The molecular weight excluding hydrogens is 314 g/mol. The number of hydrogen-bond acceptors (Lipinski definition) is 3. The number of carbonyl (C=O) groups is 2. The summed E-state index contributed by atoms with van der Waals surface area (Å²) in [5, 5.41) is 5.93. The largest absolute Gasteiger partial charge is 0.353 e. The van der Waals surface area contributed by atoms with Crippen LogP contribution in [0.1, 0.15) is 76.0 Å². The Hall–Kier alpha value is -1.91. The van der Waals surface area contributed by atoms with Crippen molar-refractivity contribution in [1.82, 2.24) is 15.6 Å². The number of carbonyl (C=O) groups excluding carboxylic acids is 2. The van der Waals surface area contributed by atoms with Crippen LogP contribution < -0.4 is 10.6 Å². The zero-order valence-electron chi connectivity index (χ0n) is 15.4. The molecule has 1 aliphatic carbocycles. The molecule has 1 saturated carbocycles. The predicted octanol–water partition coefficient (Wildman–Crippen LogP) is 3.27. The number of aryl methyl sites for hydroxylation is 1. The summed E-state index contributed by atoms with van der Waals surface area (Å²) in [5.41, 5.74) is 2.02. The molecule has 0 unspecified atom stereocenters. The van der Waals surface area contributed by atoms with Gasteiger partial charge in [-0.3, -0.25) is 14.6 Å². The minimum absolute atomic E-state index is 0.00820. The molecule has 25 heavy (non-hydrogen) atoms. The first-order chi connectivity index (χ1) is 12.2. The van der Waals surface area contributed by atoms with E-state index >= 15 is 0 Å². The predicted molar refractivity (Wildman–Crippen MR) is 98.9 cm³/mol. The van der Waals surface area contributed by atoms with Crippen molar-refractivity contribution in [3.8, 4) is 0 Å². The second kappa shape index (κ2) is 10.9. The Morgan fingerprint density at radius 3 is 2.36 bits per heavy atom. The third-order valence-electron chi connectivity index (χ3n) is 4.81. The lowest BCUT2D eigenvalue weighted by Crippen LogP contribution is -2.36. The summed E-state index contributed by atoms with van der Waals surface area (Å²) in [4.78, 5) is 28.3. The van der Waals surface area contributed by atoms with Gasteiger partial charge in [-0.15, -0.1) is 0 Å². The van der Waals surface area contributed by atoms with E-state index in [2.05, 4.69) is 22.5 Å². The van der Waals surface area contributed by atoms with Gasteiger partial charge >= 0.3 is 0 Å². The van der Waals surface area contributed by atoms with E-state index in [-0.39, 0.29) is 30.7 Å². The molecule has 5 nitrogen and oxygen atoms in total. The molecule has 0 aromatic carbocycles. The first-order valence-electron chi connectivity index (χ1n) is 9.67. The number of nitrogens with one attached hydrogen (secondary N) is 2. The Bertz CT molecular complexity index is 534. The lowest BCUT2D eigenvalue weighted by Gasteiger charge is -2.21. The van der Waals surface area contributed by atoms with Crippen molar-refractivity contribution >= 4 is 11.8 Å². The van der Waals surface area contributed by atoms with Crippen LogP contribution in [-0.4, -0.2) is 22.8 Å². The monoisotopic (exact) mass is 345 g/mol. The second-order valence-electron chi connectivity index (χ2n) is 6.90. The maximum atomic E-state index is 12.1. The van der Waals surface area contributed by atoms with Gasteiger partial charge in [-0.05, 0) is 30.9 Å².